The molecule has 0 atom stereocenters. The highest BCUT2D eigenvalue weighted by Crippen LogP contribution is 2.30. The van der Waals surface area contributed by atoms with Gasteiger partial charge in [-0.15, -0.1) is 0 Å². The molecule has 0 saturated heterocycles. The Morgan fingerprint density at radius 2 is 1.88 bits per heavy atom. The van der Waals surface area contributed by atoms with Crippen molar-refractivity contribution >= 4 is 5.78 Å². The number of hydrogen-bond acceptors (Lipinski definition) is 2. The zero-order chi connectivity index (χ0) is 12.3. The summed E-state index contributed by atoms with van der Waals surface area (Å²) in [6.45, 7) is 0.0172. The normalized spacial score (nSPS) is 17.8. The number of benzene rings is 1. The Morgan fingerprint density at radius 1 is 1.18 bits per heavy atom. The van der Waals surface area contributed by atoms with Gasteiger partial charge in [-0.1, -0.05) is 36.4 Å². The third-order valence-corrected chi connectivity index (χ3v) is 2.35. The van der Waals surface area contributed by atoms with Crippen LogP contribution in [0.4, 0.5) is 8.78 Å². The van der Waals surface area contributed by atoms with Gasteiger partial charge < -0.3 is 4.74 Å². The zero-order valence-corrected chi connectivity index (χ0v) is 8.90. The summed E-state index contributed by atoms with van der Waals surface area (Å²) in [6.07, 6.45) is 3.22. The van der Waals surface area contributed by atoms with Crippen LogP contribution in [0, 0.1) is 0 Å². The van der Waals surface area contributed by atoms with Crippen molar-refractivity contribution in [2.24, 2.45) is 0 Å². The maximum absolute atomic E-state index is 13.4. The van der Waals surface area contributed by atoms with Crippen molar-refractivity contribution in [3.63, 3.8) is 0 Å². The molecule has 2 rings (SSSR count). The van der Waals surface area contributed by atoms with Crippen LogP contribution in [0.15, 0.2) is 54.3 Å². The number of allylic oxidation sites excluding steroid dienone is 4. The summed E-state index contributed by atoms with van der Waals surface area (Å²) in [5.41, 5.74) is 0.770. The van der Waals surface area contributed by atoms with Gasteiger partial charge in [-0.25, -0.2) is 0 Å². The van der Waals surface area contributed by atoms with Crippen LogP contribution in [0.25, 0.3) is 0 Å². The largest absolute Gasteiger partial charge is 0.486 e. The van der Waals surface area contributed by atoms with E-state index in [1.165, 1.54) is 6.08 Å². The fourth-order valence-corrected chi connectivity index (χ4v) is 1.43. The van der Waals surface area contributed by atoms with E-state index in [2.05, 4.69) is 0 Å². The average molecular weight is 236 g/mol. The molecule has 1 aromatic carbocycles. The molecule has 0 aromatic heterocycles. The van der Waals surface area contributed by atoms with Crippen LogP contribution in [0.5, 0.6) is 0 Å². The number of carbonyl (C=O) groups is 1. The van der Waals surface area contributed by atoms with Gasteiger partial charge >= 0.3 is 5.92 Å². The van der Waals surface area contributed by atoms with Gasteiger partial charge in [-0.3, -0.25) is 4.79 Å². The number of carbonyl (C=O) groups excluding carboxylic acids is 1. The molecule has 88 valence electrons. The molecule has 0 radical (unpaired) electrons. The molecule has 17 heavy (non-hydrogen) atoms. The van der Waals surface area contributed by atoms with Crippen LogP contribution in [0.1, 0.15) is 5.56 Å². The first-order valence-electron chi connectivity index (χ1n) is 5.08. The van der Waals surface area contributed by atoms with Crippen molar-refractivity contribution in [3.05, 3.63) is 59.9 Å². The minimum absolute atomic E-state index is 0.0172. The first kappa shape index (κ1) is 11.5. The van der Waals surface area contributed by atoms with Gasteiger partial charge in [0.15, 0.2) is 5.76 Å². The molecule has 0 fully saturated rings. The summed E-state index contributed by atoms with van der Waals surface area (Å²) < 4.78 is 31.7. The third kappa shape index (κ3) is 2.41. The second-order valence-corrected chi connectivity index (χ2v) is 3.60. The predicted molar refractivity (Wildman–Crippen MR) is 58.4 cm³/mol. The fraction of sp³-hybridized carbons (Fsp3) is 0.154. The number of halogens is 2. The SMILES string of the molecule is O=C1C=CC=C(OCc2ccccc2)C1(F)F. The Labute approximate surface area is 97.2 Å². The smallest absolute Gasteiger partial charge is 0.365 e. The maximum atomic E-state index is 13.4. The van der Waals surface area contributed by atoms with Gasteiger partial charge in [-0.05, 0) is 17.7 Å². The molecule has 0 aliphatic heterocycles. The lowest BCUT2D eigenvalue weighted by Gasteiger charge is -2.20. The van der Waals surface area contributed by atoms with Crippen molar-refractivity contribution in [2.45, 2.75) is 12.5 Å². The fourth-order valence-electron chi connectivity index (χ4n) is 1.43. The Balaban J connectivity index is 2.07. The highest BCUT2D eigenvalue weighted by molar-refractivity contribution is 5.99. The van der Waals surface area contributed by atoms with Crippen molar-refractivity contribution in [3.8, 4) is 0 Å². The minimum Gasteiger partial charge on any atom is -0.486 e. The molecule has 0 N–H and O–H groups in total. The highest BCUT2D eigenvalue weighted by atomic mass is 19.3. The molecule has 0 amide bonds. The number of hydrogen-bond donors (Lipinski definition) is 0. The van der Waals surface area contributed by atoms with E-state index in [0.717, 1.165) is 17.7 Å². The minimum atomic E-state index is -3.55. The van der Waals surface area contributed by atoms with Gasteiger partial charge in [-0.2, -0.15) is 8.78 Å². The molecule has 1 aliphatic rings. The second-order valence-electron chi connectivity index (χ2n) is 3.60. The van der Waals surface area contributed by atoms with E-state index in [0.29, 0.717) is 0 Å². The van der Waals surface area contributed by atoms with Crippen molar-refractivity contribution in [1.29, 1.82) is 0 Å². The van der Waals surface area contributed by atoms with Crippen LogP contribution >= 0.6 is 0 Å². The van der Waals surface area contributed by atoms with Gasteiger partial charge in [0, 0.05) is 0 Å². The maximum Gasteiger partial charge on any atom is 0.365 e. The van der Waals surface area contributed by atoms with Crippen LogP contribution in [0.3, 0.4) is 0 Å². The van der Waals surface area contributed by atoms with E-state index in [1.807, 2.05) is 6.07 Å². The first-order chi connectivity index (χ1) is 8.10. The molecule has 0 heterocycles. The van der Waals surface area contributed by atoms with Gasteiger partial charge in [0.1, 0.15) is 6.61 Å². The van der Waals surface area contributed by atoms with Crippen LogP contribution in [0.2, 0.25) is 0 Å². The van der Waals surface area contributed by atoms with E-state index in [9.17, 15) is 13.6 Å². The van der Waals surface area contributed by atoms with Crippen LogP contribution in [-0.2, 0) is 16.1 Å². The lowest BCUT2D eigenvalue weighted by Crippen LogP contribution is -2.32. The summed E-state index contributed by atoms with van der Waals surface area (Å²) in [5, 5.41) is 0. The van der Waals surface area contributed by atoms with Gasteiger partial charge in [0.05, 0.1) is 0 Å². The monoisotopic (exact) mass is 236 g/mol. The molecule has 0 saturated carbocycles. The van der Waals surface area contributed by atoms with Crippen molar-refractivity contribution in [2.75, 3.05) is 0 Å². The number of ketones is 1. The van der Waals surface area contributed by atoms with E-state index >= 15 is 0 Å². The van der Waals surface area contributed by atoms with Crippen molar-refractivity contribution < 1.29 is 18.3 Å². The second kappa shape index (κ2) is 4.49. The summed E-state index contributed by atoms with van der Waals surface area (Å²) in [5.74, 6) is -5.40. The van der Waals surface area contributed by atoms with Gasteiger partial charge in [0.25, 0.3) is 0 Å². The molecular formula is C13H10F2O2. The number of alkyl halides is 2. The Hall–Kier alpha value is -1.97. The molecule has 0 unspecified atom stereocenters. The van der Waals surface area contributed by atoms with E-state index in [-0.39, 0.29) is 6.61 Å². The Bertz CT molecular complexity index is 475. The van der Waals surface area contributed by atoms with Crippen molar-refractivity contribution in [1.82, 2.24) is 0 Å². The summed E-state index contributed by atoms with van der Waals surface area (Å²) in [6, 6.07) is 8.93. The van der Waals surface area contributed by atoms with E-state index in [4.69, 9.17) is 4.74 Å². The summed E-state index contributed by atoms with van der Waals surface area (Å²) in [7, 11) is 0. The van der Waals surface area contributed by atoms with Gasteiger partial charge in [0.2, 0.25) is 5.78 Å². The highest BCUT2D eigenvalue weighted by Gasteiger charge is 2.44. The molecule has 2 nitrogen and oxygen atoms in total. The standard InChI is InChI=1S/C13H10F2O2/c14-13(15)11(16)7-4-8-12(13)17-9-10-5-2-1-3-6-10/h1-8H,9H2. The number of ether oxygens (including phenoxy) is 1. The zero-order valence-electron chi connectivity index (χ0n) is 8.90. The Kier molecular flexibility index (Phi) is 3.04. The van der Waals surface area contributed by atoms with Crippen LogP contribution < -0.4 is 0 Å². The third-order valence-electron chi connectivity index (χ3n) is 2.35. The molecule has 0 spiro atoms. The lowest BCUT2D eigenvalue weighted by molar-refractivity contribution is -0.138. The van der Waals surface area contributed by atoms with E-state index < -0.39 is 17.5 Å². The Morgan fingerprint density at radius 3 is 2.59 bits per heavy atom. The molecule has 0 bridgehead atoms. The van der Waals surface area contributed by atoms with Crippen LogP contribution in [-0.4, -0.2) is 11.7 Å². The predicted octanol–water partition coefficient (Wildman–Crippen LogP) is 2.86. The molecule has 1 aliphatic carbocycles. The summed E-state index contributed by atoms with van der Waals surface area (Å²) in [4.78, 5) is 11.0. The summed E-state index contributed by atoms with van der Waals surface area (Å²) >= 11 is 0. The average Bonchev–Trinajstić information content (AvgIpc) is 2.32. The first-order valence-corrected chi connectivity index (χ1v) is 5.08. The quantitative estimate of drug-likeness (QED) is 0.806. The number of rotatable bonds is 3. The van der Waals surface area contributed by atoms with E-state index in [1.54, 1.807) is 24.3 Å². The molecular weight excluding hydrogens is 226 g/mol. The lowest BCUT2D eigenvalue weighted by atomic mass is 10.1. The molecule has 1 aromatic rings. The topological polar surface area (TPSA) is 26.3 Å². The molecule has 4 heteroatoms.